The molecular formula is C14H26N2O. The van der Waals surface area contributed by atoms with Gasteiger partial charge in [0.05, 0.1) is 6.04 Å². The number of Topliss-reactive ketones (excluding diaryl/α,β-unsaturated/α-hetero) is 1. The van der Waals surface area contributed by atoms with Gasteiger partial charge >= 0.3 is 0 Å². The fourth-order valence-electron chi connectivity index (χ4n) is 1.75. The molecule has 0 aliphatic rings. The first-order valence-electron chi connectivity index (χ1n) is 6.38. The molecule has 0 heterocycles. The highest BCUT2D eigenvalue weighted by atomic mass is 16.1. The highest BCUT2D eigenvalue weighted by Crippen LogP contribution is 2.04. The van der Waals surface area contributed by atoms with Gasteiger partial charge in [0, 0.05) is 19.5 Å². The summed E-state index contributed by atoms with van der Waals surface area (Å²) >= 11 is 0. The molecular weight excluding hydrogens is 212 g/mol. The Bertz CT molecular complexity index is 189. The Morgan fingerprint density at radius 2 is 1.88 bits per heavy atom. The Labute approximate surface area is 107 Å². The minimum absolute atomic E-state index is 0.166. The molecule has 0 aromatic carbocycles. The van der Waals surface area contributed by atoms with Crippen molar-refractivity contribution >= 4 is 5.78 Å². The quantitative estimate of drug-likeness (QED) is 0.559. The van der Waals surface area contributed by atoms with Crippen molar-refractivity contribution in [3.05, 3.63) is 26.7 Å². The van der Waals surface area contributed by atoms with E-state index in [9.17, 15) is 4.79 Å². The van der Waals surface area contributed by atoms with E-state index in [1.54, 1.807) is 0 Å². The van der Waals surface area contributed by atoms with E-state index in [2.05, 4.69) is 18.7 Å². The summed E-state index contributed by atoms with van der Waals surface area (Å²) in [4.78, 5) is 13.6. The molecule has 0 saturated carbocycles. The summed E-state index contributed by atoms with van der Waals surface area (Å²) in [6.07, 6.45) is 7.19. The molecule has 0 aliphatic carbocycles. The highest BCUT2D eigenvalue weighted by molar-refractivity contribution is 5.83. The van der Waals surface area contributed by atoms with Gasteiger partial charge in [-0.15, -0.1) is 0 Å². The molecule has 4 radical (unpaired) electrons. The van der Waals surface area contributed by atoms with Crippen molar-refractivity contribution in [2.45, 2.75) is 38.6 Å². The molecule has 1 atom stereocenters. The average molecular weight is 238 g/mol. The zero-order chi connectivity index (χ0) is 13.1. The number of hydrogen-bond donors (Lipinski definition) is 1. The van der Waals surface area contributed by atoms with Crippen molar-refractivity contribution in [1.29, 1.82) is 0 Å². The maximum absolute atomic E-state index is 11.3. The van der Waals surface area contributed by atoms with Gasteiger partial charge in [-0.05, 0) is 46.1 Å². The smallest absolute Gasteiger partial charge is 0.149 e. The molecule has 0 amide bonds. The van der Waals surface area contributed by atoms with Gasteiger partial charge in [-0.1, -0.05) is 13.3 Å². The van der Waals surface area contributed by atoms with E-state index in [-0.39, 0.29) is 11.8 Å². The van der Waals surface area contributed by atoms with Crippen molar-refractivity contribution in [3.8, 4) is 0 Å². The first-order chi connectivity index (χ1) is 8.15. The molecule has 3 nitrogen and oxygen atoms in total. The van der Waals surface area contributed by atoms with Crippen LogP contribution in [-0.4, -0.2) is 36.4 Å². The van der Waals surface area contributed by atoms with Crippen molar-refractivity contribution in [2.75, 3.05) is 19.6 Å². The molecule has 1 unspecified atom stereocenters. The second-order valence-corrected chi connectivity index (χ2v) is 4.26. The van der Waals surface area contributed by atoms with Crippen molar-refractivity contribution in [3.63, 3.8) is 0 Å². The predicted molar refractivity (Wildman–Crippen MR) is 72.9 cm³/mol. The van der Waals surface area contributed by atoms with Gasteiger partial charge in [-0.2, -0.15) is 0 Å². The lowest BCUT2D eigenvalue weighted by Crippen LogP contribution is -2.30. The number of hydrogen-bond acceptors (Lipinski definition) is 3. The van der Waals surface area contributed by atoms with Crippen molar-refractivity contribution in [1.82, 2.24) is 4.90 Å². The van der Waals surface area contributed by atoms with Crippen LogP contribution in [0, 0.1) is 26.7 Å². The number of carbonyl (C=O) groups excluding carboxylic acids is 1. The van der Waals surface area contributed by atoms with Gasteiger partial charge in [0.2, 0.25) is 0 Å². The lowest BCUT2D eigenvalue weighted by molar-refractivity contribution is -0.120. The van der Waals surface area contributed by atoms with Crippen LogP contribution in [0.15, 0.2) is 0 Å². The molecule has 0 rings (SSSR count). The summed E-state index contributed by atoms with van der Waals surface area (Å²) in [6.45, 7) is 12.1. The van der Waals surface area contributed by atoms with E-state index in [1.807, 2.05) is 19.8 Å². The number of carbonyl (C=O) groups is 1. The van der Waals surface area contributed by atoms with E-state index in [4.69, 9.17) is 5.73 Å². The second-order valence-electron chi connectivity index (χ2n) is 4.26. The molecule has 0 aromatic rings. The maximum Gasteiger partial charge on any atom is 0.149 e. The standard InChI is InChI=1S/C14H26N2O/c1-4-10-16(11-5-2)12-8-7-9-13(15)14(17)6-3/h4-5,13H,1-2,6-12,15H2,3H3. The zero-order valence-electron chi connectivity index (χ0n) is 11.0. The first-order valence-corrected chi connectivity index (χ1v) is 6.38. The molecule has 0 aliphatic heterocycles. The molecule has 0 saturated heterocycles. The summed E-state index contributed by atoms with van der Waals surface area (Å²) < 4.78 is 0. The Morgan fingerprint density at radius 3 is 2.35 bits per heavy atom. The summed E-state index contributed by atoms with van der Waals surface area (Å²) in [6, 6.07) is -0.271. The lowest BCUT2D eigenvalue weighted by Gasteiger charge is -2.20. The Kier molecular flexibility index (Phi) is 10.5. The fraction of sp³-hybridized carbons (Fsp3) is 0.643. The molecule has 3 heteroatoms. The highest BCUT2D eigenvalue weighted by Gasteiger charge is 2.10. The van der Waals surface area contributed by atoms with Gasteiger partial charge < -0.3 is 10.6 Å². The number of nitrogens with two attached hydrogens (primary N) is 1. The van der Waals surface area contributed by atoms with Crippen molar-refractivity contribution < 1.29 is 4.79 Å². The van der Waals surface area contributed by atoms with Gasteiger partial charge in [0.1, 0.15) is 5.78 Å². The zero-order valence-corrected chi connectivity index (χ0v) is 11.0. The molecule has 0 aromatic heterocycles. The number of unbranched alkanes of at least 4 members (excludes halogenated alkanes) is 1. The van der Waals surface area contributed by atoms with Gasteiger partial charge in [-0.25, -0.2) is 0 Å². The Morgan fingerprint density at radius 1 is 1.29 bits per heavy atom. The third-order valence-electron chi connectivity index (χ3n) is 2.78. The van der Waals surface area contributed by atoms with Crippen LogP contribution in [0.2, 0.25) is 0 Å². The largest absolute Gasteiger partial charge is 0.322 e. The van der Waals surface area contributed by atoms with Crippen LogP contribution in [0.4, 0.5) is 0 Å². The summed E-state index contributed by atoms with van der Waals surface area (Å²) in [5.41, 5.74) is 5.77. The van der Waals surface area contributed by atoms with Crippen LogP contribution >= 0.6 is 0 Å². The maximum atomic E-state index is 11.3. The number of nitrogens with zero attached hydrogens (tertiary/aromatic N) is 1. The molecule has 0 bridgehead atoms. The third-order valence-corrected chi connectivity index (χ3v) is 2.78. The normalized spacial score (nSPS) is 13.0. The molecule has 17 heavy (non-hydrogen) atoms. The van der Waals surface area contributed by atoms with E-state index in [0.29, 0.717) is 6.42 Å². The molecule has 2 N–H and O–H groups in total. The van der Waals surface area contributed by atoms with Crippen LogP contribution in [0.25, 0.3) is 0 Å². The Hall–Kier alpha value is -0.410. The molecule has 98 valence electrons. The number of ketones is 1. The lowest BCUT2D eigenvalue weighted by atomic mass is 10.0. The fourth-order valence-corrected chi connectivity index (χ4v) is 1.75. The second kappa shape index (κ2) is 10.7. The topological polar surface area (TPSA) is 46.3 Å². The number of rotatable bonds is 11. The van der Waals surface area contributed by atoms with E-state index in [1.165, 1.54) is 0 Å². The van der Waals surface area contributed by atoms with Crippen LogP contribution in [0.1, 0.15) is 32.6 Å². The van der Waals surface area contributed by atoms with Crippen LogP contribution in [0.3, 0.4) is 0 Å². The molecule has 0 spiro atoms. The minimum Gasteiger partial charge on any atom is -0.322 e. The first kappa shape index (κ1) is 16.6. The third kappa shape index (κ3) is 8.33. The minimum atomic E-state index is -0.271. The van der Waals surface area contributed by atoms with Crippen LogP contribution < -0.4 is 5.73 Å². The van der Waals surface area contributed by atoms with E-state index in [0.717, 1.165) is 38.9 Å². The SMILES string of the molecule is [CH2][CH]CN(C[CH][CH2])CCCCC(N)C(=O)CC. The van der Waals surface area contributed by atoms with Gasteiger partial charge in [-0.3, -0.25) is 4.79 Å². The van der Waals surface area contributed by atoms with Gasteiger partial charge in [0.25, 0.3) is 0 Å². The summed E-state index contributed by atoms with van der Waals surface area (Å²) in [5.74, 6) is 0.166. The average Bonchev–Trinajstić information content (AvgIpc) is 2.33. The van der Waals surface area contributed by atoms with Crippen LogP contribution in [-0.2, 0) is 4.79 Å². The van der Waals surface area contributed by atoms with E-state index >= 15 is 0 Å². The summed E-state index contributed by atoms with van der Waals surface area (Å²) in [7, 11) is 0. The van der Waals surface area contributed by atoms with Gasteiger partial charge in [0.15, 0.2) is 0 Å². The Balaban J connectivity index is 3.63. The molecule has 0 fully saturated rings. The van der Waals surface area contributed by atoms with E-state index < -0.39 is 0 Å². The predicted octanol–water partition coefficient (Wildman–Crippen LogP) is 1.84. The van der Waals surface area contributed by atoms with Crippen LogP contribution in [0.5, 0.6) is 0 Å². The monoisotopic (exact) mass is 238 g/mol. The summed E-state index contributed by atoms with van der Waals surface area (Å²) in [5, 5.41) is 0. The van der Waals surface area contributed by atoms with Crippen molar-refractivity contribution in [2.24, 2.45) is 5.73 Å².